The first kappa shape index (κ1) is 57.6. The van der Waals surface area contributed by atoms with Gasteiger partial charge in [0.05, 0.1) is 51.2 Å². The number of hydrogen-bond acceptors (Lipinski definition) is 4. The van der Waals surface area contributed by atoms with Crippen molar-refractivity contribution in [3.8, 4) is 56.6 Å². The van der Waals surface area contributed by atoms with Gasteiger partial charge in [0.2, 0.25) is 0 Å². The highest BCUT2D eigenvalue weighted by atomic mass is 19.4. The van der Waals surface area contributed by atoms with Gasteiger partial charge in [0, 0.05) is 50.2 Å². The Hall–Kier alpha value is -7.65. The summed E-state index contributed by atoms with van der Waals surface area (Å²) in [5, 5.41) is 29.5. The van der Waals surface area contributed by atoms with E-state index in [0.29, 0.717) is 29.1 Å². The van der Waals surface area contributed by atoms with Crippen molar-refractivity contribution in [2.24, 2.45) is 0 Å². The standard InChI is InChI=1S/C73H79F3N2O4/c1-41-18-28-65(55(30-41)57-31-42(2)33-63(67(57)79)77-59-24-19-46(69(6,7)8)36-51(59)52-37-47(70(9,10)11)20-25-60(52)77)81-44(4)35-45(5)82-66-29-23-50(73(74,75)76)40-56(66)58-32-43(3)34-64(68(58)80)78-61-26-21-48(71(12,13)14)38-53(61)54-39-49(72(15,16)17)22-27-62(54)78/h18-34,36-40,44-45,79-80H,35H2,1-17H3/t44-,45+/m1/s1. The number of phenols is 2. The Balaban J connectivity index is 1.00. The van der Waals surface area contributed by atoms with E-state index >= 15 is 0 Å². The van der Waals surface area contributed by atoms with Crippen LogP contribution in [0.1, 0.15) is 148 Å². The highest BCUT2D eigenvalue weighted by Gasteiger charge is 2.33. The number of ether oxygens (including phenoxy) is 2. The number of benzene rings is 8. The van der Waals surface area contributed by atoms with Gasteiger partial charge in [-0.15, -0.1) is 0 Å². The lowest BCUT2D eigenvalue weighted by molar-refractivity contribution is -0.137. The molecule has 0 radical (unpaired) electrons. The monoisotopic (exact) mass is 1100 g/mol. The Kier molecular flexibility index (Phi) is 14.3. The molecule has 0 aliphatic heterocycles. The fraction of sp³-hybridized carbons (Fsp3) is 0.342. The maximum atomic E-state index is 14.7. The summed E-state index contributed by atoms with van der Waals surface area (Å²) < 4.78 is 61.9. The van der Waals surface area contributed by atoms with Gasteiger partial charge in [0.15, 0.2) is 0 Å². The molecule has 0 aliphatic rings. The van der Waals surface area contributed by atoms with E-state index in [4.69, 9.17) is 9.47 Å². The normalized spacial score (nSPS) is 13.7. The molecule has 8 aromatic carbocycles. The second kappa shape index (κ2) is 20.4. The maximum Gasteiger partial charge on any atom is 0.416 e. The predicted octanol–water partition coefficient (Wildman–Crippen LogP) is 20.4. The van der Waals surface area contributed by atoms with E-state index in [1.165, 1.54) is 17.2 Å². The molecular weight excluding hydrogens is 1030 g/mol. The number of fused-ring (bicyclic) bond motifs is 6. The summed E-state index contributed by atoms with van der Waals surface area (Å²) in [6.45, 7) is 36.2. The highest BCUT2D eigenvalue weighted by Crippen LogP contribution is 2.48. The van der Waals surface area contributed by atoms with Crippen LogP contribution in [0.15, 0.2) is 133 Å². The van der Waals surface area contributed by atoms with Crippen LogP contribution in [0.4, 0.5) is 13.2 Å². The number of aryl methyl sites for hydroxylation is 3. The van der Waals surface area contributed by atoms with Crippen molar-refractivity contribution in [2.45, 2.75) is 164 Å². The lowest BCUT2D eigenvalue weighted by Crippen LogP contribution is -2.23. The topological polar surface area (TPSA) is 68.8 Å². The first-order chi connectivity index (χ1) is 38.2. The van der Waals surface area contributed by atoms with Crippen LogP contribution < -0.4 is 9.47 Å². The zero-order valence-electron chi connectivity index (χ0n) is 50.8. The van der Waals surface area contributed by atoms with E-state index in [2.05, 4.69) is 160 Å². The third-order valence-corrected chi connectivity index (χ3v) is 16.3. The summed E-state index contributed by atoms with van der Waals surface area (Å²) in [6.07, 6.45) is -5.35. The Morgan fingerprint density at radius 1 is 0.378 bits per heavy atom. The molecule has 2 atom stereocenters. The lowest BCUT2D eigenvalue weighted by Gasteiger charge is -2.24. The van der Waals surface area contributed by atoms with Gasteiger partial charge in [-0.2, -0.15) is 13.2 Å². The first-order valence-electron chi connectivity index (χ1n) is 28.7. The molecule has 0 unspecified atom stereocenters. The van der Waals surface area contributed by atoms with Crippen LogP contribution in [0, 0.1) is 20.8 Å². The fourth-order valence-corrected chi connectivity index (χ4v) is 11.7. The Morgan fingerprint density at radius 3 is 1.01 bits per heavy atom. The van der Waals surface area contributed by atoms with Gasteiger partial charge >= 0.3 is 6.18 Å². The second-order valence-electron chi connectivity index (χ2n) is 27.3. The van der Waals surface area contributed by atoms with Crippen molar-refractivity contribution in [3.63, 3.8) is 0 Å². The van der Waals surface area contributed by atoms with Crippen LogP contribution in [0.3, 0.4) is 0 Å². The molecule has 2 aromatic heterocycles. The molecule has 2 N–H and O–H groups in total. The second-order valence-corrected chi connectivity index (χ2v) is 27.3. The van der Waals surface area contributed by atoms with Crippen molar-refractivity contribution < 1.29 is 32.9 Å². The van der Waals surface area contributed by atoms with Crippen LogP contribution in [0.25, 0.3) is 77.2 Å². The van der Waals surface area contributed by atoms with Gasteiger partial charge in [0.25, 0.3) is 0 Å². The molecule has 9 heteroatoms. The van der Waals surface area contributed by atoms with Gasteiger partial charge in [-0.1, -0.05) is 119 Å². The van der Waals surface area contributed by atoms with E-state index in [0.717, 1.165) is 89.1 Å². The Morgan fingerprint density at radius 2 is 0.683 bits per heavy atom. The number of halogens is 3. The summed E-state index contributed by atoms with van der Waals surface area (Å²) in [7, 11) is 0. The summed E-state index contributed by atoms with van der Waals surface area (Å²) in [5.74, 6) is 0.693. The van der Waals surface area contributed by atoms with Crippen molar-refractivity contribution in [1.82, 2.24) is 9.13 Å². The minimum absolute atomic E-state index is 0.0717. The predicted molar refractivity (Wildman–Crippen MR) is 335 cm³/mol. The lowest BCUT2D eigenvalue weighted by atomic mass is 9.85. The number of hydrogen-bond donors (Lipinski definition) is 2. The van der Waals surface area contributed by atoms with Crippen molar-refractivity contribution >= 4 is 43.6 Å². The summed E-state index contributed by atoms with van der Waals surface area (Å²) in [6, 6.07) is 43.1. The minimum atomic E-state index is -4.67. The van der Waals surface area contributed by atoms with E-state index in [1.807, 2.05) is 75.6 Å². The zero-order valence-corrected chi connectivity index (χ0v) is 50.8. The molecule has 0 bridgehead atoms. The van der Waals surface area contributed by atoms with Crippen LogP contribution in [0.2, 0.25) is 0 Å². The van der Waals surface area contributed by atoms with Crippen LogP contribution in [0.5, 0.6) is 23.0 Å². The maximum absolute atomic E-state index is 14.7. The SMILES string of the molecule is Cc1ccc(O[C@H](C)C[C@H](C)Oc2ccc(C(F)(F)F)cc2-c2cc(C)cc(-n3c4ccc(C(C)(C)C)cc4c4cc(C(C)(C)C)ccc43)c2O)c(-c2cc(C)cc(-n3c4ccc(C(C)(C)C)cc4c4cc(C(C)(C)C)ccc43)c2O)c1. The molecule has 0 aliphatic carbocycles. The molecule has 0 fully saturated rings. The number of aromatic nitrogens is 2. The molecule has 0 amide bonds. The molecule has 0 saturated carbocycles. The van der Waals surface area contributed by atoms with Crippen LogP contribution in [-0.2, 0) is 27.8 Å². The molecule has 10 aromatic rings. The molecule has 2 heterocycles. The number of nitrogens with zero attached hydrogens (tertiary/aromatic N) is 2. The Labute approximate surface area is 482 Å². The zero-order chi connectivity index (χ0) is 59.5. The molecule has 6 nitrogen and oxygen atoms in total. The van der Waals surface area contributed by atoms with Crippen LogP contribution in [-0.4, -0.2) is 31.6 Å². The largest absolute Gasteiger partial charge is 0.505 e. The third-order valence-electron chi connectivity index (χ3n) is 16.3. The number of phenolic OH excluding ortho intramolecular Hbond substituents is 2. The van der Waals surface area contributed by atoms with Gasteiger partial charge in [-0.05, 0) is 193 Å². The molecule has 0 spiro atoms. The van der Waals surface area contributed by atoms with E-state index < -0.39 is 23.9 Å². The summed E-state index contributed by atoms with van der Waals surface area (Å²) in [5.41, 5.74) is 12.7. The van der Waals surface area contributed by atoms with Gasteiger partial charge in [-0.3, -0.25) is 0 Å². The molecule has 426 valence electrons. The molecule has 10 rings (SSSR count). The van der Waals surface area contributed by atoms with Crippen molar-refractivity contribution in [3.05, 3.63) is 178 Å². The van der Waals surface area contributed by atoms with Crippen molar-refractivity contribution in [2.75, 3.05) is 0 Å². The first-order valence-corrected chi connectivity index (χ1v) is 28.7. The average Bonchev–Trinajstić information content (AvgIpc) is 3.45. The number of aromatic hydroxyl groups is 2. The van der Waals surface area contributed by atoms with Gasteiger partial charge < -0.3 is 28.8 Å². The van der Waals surface area contributed by atoms with E-state index in [-0.39, 0.29) is 50.0 Å². The highest BCUT2D eigenvalue weighted by molar-refractivity contribution is 6.11. The van der Waals surface area contributed by atoms with Crippen LogP contribution >= 0.6 is 0 Å². The average molecular weight is 1110 g/mol. The number of rotatable bonds is 10. The molecular formula is C73H79F3N2O4. The summed E-state index contributed by atoms with van der Waals surface area (Å²) >= 11 is 0. The summed E-state index contributed by atoms with van der Waals surface area (Å²) in [4.78, 5) is 0. The molecule has 82 heavy (non-hydrogen) atoms. The van der Waals surface area contributed by atoms with Gasteiger partial charge in [0.1, 0.15) is 23.0 Å². The minimum Gasteiger partial charge on any atom is -0.505 e. The van der Waals surface area contributed by atoms with E-state index in [9.17, 15) is 23.4 Å². The quantitative estimate of drug-likeness (QED) is 0.143. The van der Waals surface area contributed by atoms with Gasteiger partial charge in [-0.25, -0.2) is 0 Å². The third kappa shape index (κ3) is 10.8. The molecule has 0 saturated heterocycles. The smallest absolute Gasteiger partial charge is 0.416 e. The van der Waals surface area contributed by atoms with E-state index in [1.54, 1.807) is 6.07 Å². The number of alkyl halides is 3. The Bertz CT molecular complexity index is 4000. The fourth-order valence-electron chi connectivity index (χ4n) is 11.7. The van der Waals surface area contributed by atoms with Crippen molar-refractivity contribution in [1.29, 1.82) is 0 Å².